The number of hydrogen-bond donors (Lipinski definition) is 0. The Morgan fingerprint density at radius 1 is 1.29 bits per heavy atom. The zero-order chi connectivity index (χ0) is 11.7. The molecule has 0 unspecified atom stereocenters. The molecule has 0 radical (unpaired) electrons. The number of ketones is 1. The summed E-state index contributed by atoms with van der Waals surface area (Å²) in [6.07, 6.45) is 8.01. The largest absolute Gasteiger partial charge is 0.357 e. The molecule has 1 saturated carbocycles. The summed E-state index contributed by atoms with van der Waals surface area (Å²) >= 11 is 0. The van der Waals surface area contributed by atoms with E-state index in [0.717, 1.165) is 24.8 Å². The Kier molecular flexibility index (Phi) is 2.60. The lowest BCUT2D eigenvalue weighted by Crippen LogP contribution is -2.28. The van der Waals surface area contributed by atoms with Gasteiger partial charge in [-0.3, -0.25) is 4.79 Å². The number of epoxide rings is 1. The van der Waals surface area contributed by atoms with Crippen molar-refractivity contribution in [2.45, 2.75) is 37.4 Å². The van der Waals surface area contributed by atoms with Crippen LogP contribution in [0, 0.1) is 0 Å². The molecule has 1 heterocycles. The molecule has 88 valence electrons. The SMILES string of the molecule is O=C(/C=C/c1ccccc1)[C@@]12CCCC[C@H]1O2. The molecule has 17 heavy (non-hydrogen) atoms. The van der Waals surface area contributed by atoms with Gasteiger partial charge >= 0.3 is 0 Å². The summed E-state index contributed by atoms with van der Waals surface area (Å²) < 4.78 is 5.61. The number of carbonyl (C=O) groups excluding carboxylic acids is 1. The predicted molar refractivity (Wildman–Crippen MR) is 66.6 cm³/mol. The highest BCUT2D eigenvalue weighted by atomic mass is 16.6. The highest BCUT2D eigenvalue weighted by Gasteiger charge is 2.61. The monoisotopic (exact) mass is 228 g/mol. The van der Waals surface area contributed by atoms with Crippen LogP contribution in [-0.4, -0.2) is 17.5 Å². The Bertz CT molecular complexity index is 449. The van der Waals surface area contributed by atoms with Gasteiger partial charge in [0.15, 0.2) is 11.4 Å². The Balaban J connectivity index is 1.70. The van der Waals surface area contributed by atoms with E-state index in [9.17, 15) is 4.79 Å². The maximum atomic E-state index is 12.1. The summed E-state index contributed by atoms with van der Waals surface area (Å²) in [7, 11) is 0. The van der Waals surface area contributed by atoms with Crippen LogP contribution in [0.25, 0.3) is 6.08 Å². The van der Waals surface area contributed by atoms with Gasteiger partial charge in [-0.2, -0.15) is 0 Å². The molecule has 1 aliphatic carbocycles. The Labute approximate surface area is 101 Å². The first-order chi connectivity index (χ1) is 8.31. The van der Waals surface area contributed by atoms with E-state index in [-0.39, 0.29) is 11.9 Å². The third kappa shape index (κ3) is 1.93. The molecule has 0 amide bonds. The second-order valence-electron chi connectivity index (χ2n) is 4.85. The molecular formula is C15H16O2. The van der Waals surface area contributed by atoms with Crippen molar-refractivity contribution in [3.05, 3.63) is 42.0 Å². The topological polar surface area (TPSA) is 29.6 Å². The van der Waals surface area contributed by atoms with Crippen LogP contribution in [0.15, 0.2) is 36.4 Å². The molecule has 0 N–H and O–H groups in total. The first-order valence-corrected chi connectivity index (χ1v) is 6.27. The van der Waals surface area contributed by atoms with E-state index in [0.29, 0.717) is 0 Å². The minimum atomic E-state index is -0.441. The van der Waals surface area contributed by atoms with Crippen LogP contribution in [0.5, 0.6) is 0 Å². The lowest BCUT2D eigenvalue weighted by molar-refractivity contribution is -0.119. The van der Waals surface area contributed by atoms with Crippen LogP contribution in [0.3, 0.4) is 0 Å². The summed E-state index contributed by atoms with van der Waals surface area (Å²) in [6.45, 7) is 0. The zero-order valence-corrected chi connectivity index (χ0v) is 9.76. The molecule has 0 bridgehead atoms. The average Bonchev–Trinajstić information content (AvgIpc) is 3.13. The van der Waals surface area contributed by atoms with Crippen molar-refractivity contribution in [3.8, 4) is 0 Å². The van der Waals surface area contributed by atoms with E-state index in [4.69, 9.17) is 4.74 Å². The number of carbonyl (C=O) groups is 1. The Morgan fingerprint density at radius 2 is 2.12 bits per heavy atom. The van der Waals surface area contributed by atoms with Crippen molar-refractivity contribution in [1.29, 1.82) is 0 Å². The van der Waals surface area contributed by atoms with Crippen molar-refractivity contribution in [2.24, 2.45) is 0 Å². The van der Waals surface area contributed by atoms with Gasteiger partial charge in [0.2, 0.25) is 0 Å². The molecule has 1 aliphatic heterocycles. The minimum Gasteiger partial charge on any atom is -0.357 e. The summed E-state index contributed by atoms with van der Waals surface area (Å²) in [5, 5.41) is 0. The molecule has 0 aromatic heterocycles. The highest BCUT2D eigenvalue weighted by molar-refractivity contribution is 6.02. The first-order valence-electron chi connectivity index (χ1n) is 6.27. The molecule has 1 aromatic rings. The maximum absolute atomic E-state index is 12.1. The van der Waals surface area contributed by atoms with Gasteiger partial charge < -0.3 is 4.74 Å². The Hall–Kier alpha value is -1.41. The molecule has 1 saturated heterocycles. The normalized spacial score (nSPS) is 31.2. The minimum absolute atomic E-state index is 0.144. The van der Waals surface area contributed by atoms with Crippen molar-refractivity contribution >= 4 is 11.9 Å². The van der Waals surface area contributed by atoms with E-state index >= 15 is 0 Å². The van der Waals surface area contributed by atoms with Crippen LogP contribution in [0.2, 0.25) is 0 Å². The molecule has 3 rings (SSSR count). The fourth-order valence-electron chi connectivity index (χ4n) is 2.67. The van der Waals surface area contributed by atoms with E-state index < -0.39 is 5.60 Å². The highest BCUT2D eigenvalue weighted by Crippen LogP contribution is 2.48. The number of benzene rings is 1. The maximum Gasteiger partial charge on any atom is 0.190 e. The van der Waals surface area contributed by atoms with Crippen molar-refractivity contribution in [2.75, 3.05) is 0 Å². The fraction of sp³-hybridized carbons (Fsp3) is 0.400. The molecule has 0 spiro atoms. The van der Waals surface area contributed by atoms with Crippen LogP contribution in [0.1, 0.15) is 31.2 Å². The summed E-state index contributed by atoms with van der Waals surface area (Å²) in [5.41, 5.74) is 0.619. The Morgan fingerprint density at radius 3 is 2.88 bits per heavy atom. The van der Waals surface area contributed by atoms with Crippen molar-refractivity contribution in [3.63, 3.8) is 0 Å². The van der Waals surface area contributed by atoms with Gasteiger partial charge in [-0.1, -0.05) is 42.8 Å². The predicted octanol–water partition coefficient (Wildman–Crippen LogP) is 2.98. The number of hydrogen-bond acceptors (Lipinski definition) is 2. The lowest BCUT2D eigenvalue weighted by Gasteiger charge is -2.13. The third-order valence-electron chi connectivity index (χ3n) is 3.72. The van der Waals surface area contributed by atoms with Gasteiger partial charge in [0.05, 0.1) is 6.10 Å². The van der Waals surface area contributed by atoms with E-state index in [2.05, 4.69) is 0 Å². The molecule has 2 aliphatic rings. The summed E-state index contributed by atoms with van der Waals surface area (Å²) in [4.78, 5) is 12.1. The van der Waals surface area contributed by atoms with E-state index in [1.165, 1.54) is 6.42 Å². The smallest absolute Gasteiger partial charge is 0.190 e. The zero-order valence-electron chi connectivity index (χ0n) is 9.76. The lowest BCUT2D eigenvalue weighted by atomic mass is 9.86. The molecule has 1 aromatic carbocycles. The molecule has 2 atom stereocenters. The molecule has 2 nitrogen and oxygen atoms in total. The van der Waals surface area contributed by atoms with Crippen molar-refractivity contribution < 1.29 is 9.53 Å². The van der Waals surface area contributed by atoms with Crippen LogP contribution in [-0.2, 0) is 9.53 Å². The fourth-order valence-corrected chi connectivity index (χ4v) is 2.67. The standard InChI is InChI=1S/C15H16O2/c16-13(10-9-12-6-2-1-3-7-12)15-11-5-4-8-14(15)17-15/h1-3,6-7,9-10,14H,4-5,8,11H2/b10-9+/t14-,15+/m1/s1. The van der Waals surface area contributed by atoms with Gasteiger partial charge in [-0.05, 0) is 30.9 Å². The van der Waals surface area contributed by atoms with Gasteiger partial charge in [0.25, 0.3) is 0 Å². The molecule has 2 heteroatoms. The van der Waals surface area contributed by atoms with Gasteiger partial charge in [0, 0.05) is 0 Å². The quantitative estimate of drug-likeness (QED) is 0.588. The van der Waals surface area contributed by atoms with Crippen LogP contribution >= 0.6 is 0 Å². The summed E-state index contributed by atoms with van der Waals surface area (Å²) in [6, 6.07) is 9.90. The second-order valence-corrected chi connectivity index (χ2v) is 4.85. The van der Waals surface area contributed by atoms with E-state index in [1.54, 1.807) is 6.08 Å². The van der Waals surface area contributed by atoms with Crippen LogP contribution < -0.4 is 0 Å². The second kappa shape index (κ2) is 4.11. The summed E-state index contributed by atoms with van der Waals surface area (Å²) in [5.74, 6) is 0.144. The number of rotatable bonds is 3. The van der Waals surface area contributed by atoms with Gasteiger partial charge in [-0.25, -0.2) is 0 Å². The first kappa shape index (κ1) is 10.7. The number of ether oxygens (including phenoxy) is 1. The molecule has 2 fully saturated rings. The third-order valence-corrected chi connectivity index (χ3v) is 3.72. The van der Waals surface area contributed by atoms with Crippen LogP contribution in [0.4, 0.5) is 0 Å². The van der Waals surface area contributed by atoms with Gasteiger partial charge in [-0.15, -0.1) is 0 Å². The average molecular weight is 228 g/mol. The number of fused-ring (bicyclic) bond motifs is 1. The molecular weight excluding hydrogens is 212 g/mol. The van der Waals surface area contributed by atoms with Gasteiger partial charge in [0.1, 0.15) is 0 Å². The van der Waals surface area contributed by atoms with E-state index in [1.807, 2.05) is 36.4 Å². The van der Waals surface area contributed by atoms with Crippen molar-refractivity contribution in [1.82, 2.24) is 0 Å².